The third-order valence-electron chi connectivity index (χ3n) is 5.67. The summed E-state index contributed by atoms with van der Waals surface area (Å²) in [6.45, 7) is 7.40. The maximum Gasteiger partial charge on any atom is 0.181 e. The lowest BCUT2D eigenvalue weighted by molar-refractivity contribution is -0.735. The van der Waals surface area contributed by atoms with Crippen LogP contribution in [0.5, 0.6) is 0 Å². The highest BCUT2D eigenvalue weighted by Crippen LogP contribution is 2.47. The molecule has 2 aromatic carbocycles. The minimum atomic E-state index is 0.131. The van der Waals surface area contributed by atoms with Crippen molar-refractivity contribution in [1.82, 2.24) is 0 Å². The number of rotatable bonds is 6. The lowest BCUT2D eigenvalue weighted by atomic mass is 10.1. The van der Waals surface area contributed by atoms with E-state index in [-0.39, 0.29) is 12.6 Å². The van der Waals surface area contributed by atoms with Crippen LogP contribution < -0.4 is 9.47 Å². The molecule has 0 aliphatic carbocycles. The number of aliphatic hydroxyl groups is 1. The molecule has 0 saturated carbocycles. The Labute approximate surface area is 183 Å². The summed E-state index contributed by atoms with van der Waals surface area (Å²) in [6.07, 6.45) is 3.21. The van der Waals surface area contributed by atoms with Crippen molar-refractivity contribution in [1.29, 1.82) is 0 Å². The van der Waals surface area contributed by atoms with E-state index in [0.717, 1.165) is 13.0 Å². The van der Waals surface area contributed by atoms with Gasteiger partial charge in [0.05, 0.1) is 10.7 Å². The first-order valence-corrected chi connectivity index (χ1v) is 11.4. The van der Waals surface area contributed by atoms with Gasteiger partial charge in [0.2, 0.25) is 0 Å². The largest absolute Gasteiger partial charge is 0.389 e. The number of benzene rings is 2. The smallest absolute Gasteiger partial charge is 0.181 e. The standard InChI is InChI=1S/C26H29N2OS/c1-4-23(18-29)28-19(2)14-22(15-20(28)3)16-26-27(17-21-10-6-5-7-11-21)24-12-8-9-13-25(24)30-26/h5-16,23,29H,4,17-18H2,1-3H3/q+1/t23-/m0/s1. The van der Waals surface area contributed by atoms with Crippen LogP contribution in [0.25, 0.3) is 6.08 Å². The highest BCUT2D eigenvalue weighted by Gasteiger charge is 2.26. The van der Waals surface area contributed by atoms with Crippen LogP contribution >= 0.6 is 11.8 Å². The summed E-state index contributed by atoms with van der Waals surface area (Å²) >= 11 is 1.83. The van der Waals surface area contributed by atoms with Crippen LogP contribution in [0.1, 0.15) is 41.9 Å². The fourth-order valence-corrected chi connectivity index (χ4v) is 5.35. The molecule has 1 aliphatic heterocycles. The van der Waals surface area contributed by atoms with Gasteiger partial charge in [0.1, 0.15) is 6.61 Å². The van der Waals surface area contributed by atoms with Gasteiger partial charge >= 0.3 is 0 Å². The van der Waals surface area contributed by atoms with E-state index in [1.807, 2.05) is 11.8 Å². The first kappa shape index (κ1) is 20.7. The molecule has 0 radical (unpaired) electrons. The average Bonchev–Trinajstić information content (AvgIpc) is 3.08. The van der Waals surface area contributed by atoms with Gasteiger partial charge in [-0.15, -0.1) is 0 Å². The summed E-state index contributed by atoms with van der Waals surface area (Å²) in [7, 11) is 0. The van der Waals surface area contributed by atoms with Crippen molar-refractivity contribution in [2.24, 2.45) is 0 Å². The number of anilines is 1. The molecule has 4 rings (SSSR count). The quantitative estimate of drug-likeness (QED) is 0.526. The van der Waals surface area contributed by atoms with Crippen LogP contribution in [0, 0.1) is 13.8 Å². The van der Waals surface area contributed by atoms with E-state index in [1.165, 1.54) is 38.1 Å². The van der Waals surface area contributed by atoms with Gasteiger partial charge in [0.25, 0.3) is 0 Å². The van der Waals surface area contributed by atoms with Crippen molar-refractivity contribution >= 4 is 23.5 Å². The number of fused-ring (bicyclic) bond motifs is 1. The molecule has 3 nitrogen and oxygen atoms in total. The predicted octanol–water partition coefficient (Wildman–Crippen LogP) is 5.65. The first-order chi connectivity index (χ1) is 14.6. The monoisotopic (exact) mass is 417 g/mol. The van der Waals surface area contributed by atoms with E-state index < -0.39 is 0 Å². The van der Waals surface area contributed by atoms with E-state index in [9.17, 15) is 5.11 Å². The van der Waals surface area contributed by atoms with Gasteiger partial charge in [0.15, 0.2) is 17.4 Å². The minimum Gasteiger partial charge on any atom is -0.389 e. The normalized spacial score (nSPS) is 15.5. The van der Waals surface area contributed by atoms with Gasteiger partial charge in [-0.2, -0.15) is 4.57 Å². The number of aliphatic hydroxyl groups excluding tert-OH is 1. The summed E-state index contributed by atoms with van der Waals surface area (Å²) in [5.41, 5.74) is 6.12. The van der Waals surface area contributed by atoms with Crippen molar-refractivity contribution in [3.8, 4) is 0 Å². The lowest BCUT2D eigenvalue weighted by Gasteiger charge is -2.21. The fraction of sp³-hybridized carbons (Fsp3) is 0.269. The molecule has 154 valence electrons. The Hall–Kier alpha value is -2.56. The van der Waals surface area contributed by atoms with Crippen molar-refractivity contribution < 1.29 is 9.67 Å². The van der Waals surface area contributed by atoms with Gasteiger partial charge in [-0.25, -0.2) is 0 Å². The van der Waals surface area contributed by atoms with Crippen molar-refractivity contribution in [2.45, 2.75) is 44.7 Å². The molecule has 30 heavy (non-hydrogen) atoms. The maximum atomic E-state index is 9.76. The van der Waals surface area contributed by atoms with Gasteiger partial charge < -0.3 is 10.0 Å². The fourth-order valence-electron chi connectivity index (χ4n) is 4.23. The van der Waals surface area contributed by atoms with Gasteiger partial charge in [-0.3, -0.25) is 0 Å². The number of thioether (sulfide) groups is 1. The first-order valence-electron chi connectivity index (χ1n) is 10.5. The molecular weight excluding hydrogens is 388 g/mol. The maximum absolute atomic E-state index is 9.76. The zero-order chi connectivity index (χ0) is 21.1. The Morgan fingerprint density at radius 2 is 1.67 bits per heavy atom. The van der Waals surface area contributed by atoms with Crippen molar-refractivity contribution in [2.75, 3.05) is 11.5 Å². The van der Waals surface area contributed by atoms with Crippen LogP contribution in [-0.4, -0.2) is 11.7 Å². The Morgan fingerprint density at radius 1 is 1.00 bits per heavy atom. The van der Waals surface area contributed by atoms with Gasteiger partial charge in [-0.05, 0) is 29.3 Å². The zero-order valence-electron chi connectivity index (χ0n) is 17.9. The highest BCUT2D eigenvalue weighted by atomic mass is 32.2. The molecule has 2 heterocycles. The number of hydrogen-bond donors (Lipinski definition) is 1. The molecule has 0 bridgehead atoms. The molecule has 0 amide bonds. The Morgan fingerprint density at radius 3 is 2.33 bits per heavy atom. The third kappa shape index (κ3) is 4.16. The number of pyridine rings is 1. The topological polar surface area (TPSA) is 27.4 Å². The second kappa shape index (κ2) is 9.07. The third-order valence-corrected chi connectivity index (χ3v) is 6.78. The summed E-state index contributed by atoms with van der Waals surface area (Å²) in [5, 5.41) is 11.0. The second-order valence-corrected chi connectivity index (χ2v) is 8.87. The second-order valence-electron chi connectivity index (χ2n) is 7.81. The molecule has 0 unspecified atom stereocenters. The number of para-hydroxylation sites is 1. The van der Waals surface area contributed by atoms with Crippen molar-refractivity contribution in [3.63, 3.8) is 0 Å². The average molecular weight is 418 g/mol. The summed E-state index contributed by atoms with van der Waals surface area (Å²) < 4.78 is 2.25. The molecular formula is C26H29N2OS+. The van der Waals surface area contributed by atoms with Crippen LogP contribution in [-0.2, 0) is 6.54 Å². The summed E-state index contributed by atoms with van der Waals surface area (Å²) in [5.74, 6) is 0. The predicted molar refractivity (Wildman–Crippen MR) is 125 cm³/mol. The molecule has 0 saturated heterocycles. The van der Waals surface area contributed by atoms with E-state index in [0.29, 0.717) is 0 Å². The Kier molecular flexibility index (Phi) is 6.26. The van der Waals surface area contributed by atoms with Crippen LogP contribution in [0.4, 0.5) is 5.69 Å². The molecule has 1 aliphatic rings. The van der Waals surface area contributed by atoms with Crippen LogP contribution in [0.2, 0.25) is 0 Å². The van der Waals surface area contributed by atoms with Gasteiger partial charge in [-0.1, -0.05) is 61.2 Å². The lowest BCUT2D eigenvalue weighted by Crippen LogP contribution is -2.46. The van der Waals surface area contributed by atoms with Crippen LogP contribution in [0.15, 0.2) is 76.7 Å². The van der Waals surface area contributed by atoms with Crippen LogP contribution in [0.3, 0.4) is 0 Å². The molecule has 0 fully saturated rings. The minimum absolute atomic E-state index is 0.131. The number of aryl methyl sites for hydroxylation is 2. The van der Waals surface area contributed by atoms with E-state index in [4.69, 9.17) is 0 Å². The summed E-state index contributed by atoms with van der Waals surface area (Å²) in [6, 6.07) is 23.8. The van der Waals surface area contributed by atoms with Crippen molar-refractivity contribution in [3.05, 3.63) is 94.3 Å². The molecule has 1 aromatic heterocycles. The number of aromatic nitrogens is 1. The molecule has 1 atom stereocenters. The molecule has 0 spiro atoms. The SMILES string of the molecule is CC[C@@H](CO)[n+]1c(C)cc(C=C2Sc3ccccc3N2Cc2ccccc2)cc1C. The zero-order valence-corrected chi connectivity index (χ0v) is 18.7. The van der Waals surface area contributed by atoms with E-state index >= 15 is 0 Å². The van der Waals surface area contributed by atoms with E-state index in [2.05, 4.69) is 103 Å². The molecule has 4 heteroatoms. The molecule has 1 N–H and O–H groups in total. The highest BCUT2D eigenvalue weighted by molar-refractivity contribution is 8.03. The van der Waals surface area contributed by atoms with E-state index in [1.54, 1.807) is 0 Å². The Bertz CT molecular complexity index is 1030. The number of nitrogens with zero attached hydrogens (tertiary/aromatic N) is 2. The molecule has 3 aromatic rings. The number of hydrogen-bond acceptors (Lipinski definition) is 3. The summed E-state index contributed by atoms with van der Waals surface area (Å²) in [4.78, 5) is 3.70. The Balaban J connectivity index is 1.71. The van der Waals surface area contributed by atoms with Gasteiger partial charge in [0, 0.05) is 43.8 Å².